The number of nitrogens with zero attached hydrogens (tertiary/aromatic N) is 4. The summed E-state index contributed by atoms with van der Waals surface area (Å²) < 4.78 is 15.3. The Hall–Kier alpha value is -3.80. The van der Waals surface area contributed by atoms with Crippen LogP contribution in [0.1, 0.15) is 19.2 Å². The number of para-hydroxylation sites is 1. The SMILES string of the molecule is CC[C@@H](Sc1nnc(CC(=O)Nc2ccccc2F)n1C)C(=O)Nc1ccc([N+](=O)[O-])cc1. The highest BCUT2D eigenvalue weighted by Gasteiger charge is 2.23. The largest absolute Gasteiger partial charge is 0.325 e. The van der Waals surface area contributed by atoms with Crippen molar-refractivity contribution in [3.63, 3.8) is 0 Å². The van der Waals surface area contributed by atoms with Gasteiger partial charge >= 0.3 is 0 Å². The molecule has 0 saturated heterocycles. The second-order valence-electron chi connectivity index (χ2n) is 6.97. The van der Waals surface area contributed by atoms with Crippen LogP contribution >= 0.6 is 11.8 Å². The maximum absolute atomic E-state index is 13.7. The van der Waals surface area contributed by atoms with Crippen LogP contribution in [-0.2, 0) is 23.1 Å². The zero-order valence-corrected chi connectivity index (χ0v) is 18.6. The van der Waals surface area contributed by atoms with Crippen LogP contribution < -0.4 is 10.6 Å². The molecule has 0 aliphatic rings. The summed E-state index contributed by atoms with van der Waals surface area (Å²) in [6.07, 6.45) is 0.365. The second-order valence-corrected chi connectivity index (χ2v) is 8.14. The van der Waals surface area contributed by atoms with Gasteiger partial charge in [0, 0.05) is 24.9 Å². The Labute approximate surface area is 192 Å². The molecule has 12 heteroatoms. The van der Waals surface area contributed by atoms with Crippen molar-refractivity contribution in [2.24, 2.45) is 7.05 Å². The zero-order valence-electron chi connectivity index (χ0n) is 17.8. The van der Waals surface area contributed by atoms with Crippen LogP contribution in [0.25, 0.3) is 0 Å². The number of rotatable bonds is 9. The molecule has 1 heterocycles. The predicted octanol–water partition coefficient (Wildman–Crippen LogP) is 3.55. The van der Waals surface area contributed by atoms with Gasteiger partial charge in [0.15, 0.2) is 5.16 Å². The Balaban J connectivity index is 1.62. The fourth-order valence-electron chi connectivity index (χ4n) is 2.84. The third kappa shape index (κ3) is 6.13. The Bertz CT molecular complexity index is 1170. The van der Waals surface area contributed by atoms with Crippen LogP contribution in [0.5, 0.6) is 0 Å². The summed E-state index contributed by atoms with van der Waals surface area (Å²) in [5.74, 6) is -0.921. The van der Waals surface area contributed by atoms with Crippen molar-refractivity contribution in [3.05, 3.63) is 70.3 Å². The maximum Gasteiger partial charge on any atom is 0.269 e. The molecule has 0 aliphatic carbocycles. The van der Waals surface area contributed by atoms with Crippen LogP contribution in [0.2, 0.25) is 0 Å². The van der Waals surface area contributed by atoms with Gasteiger partial charge in [-0.15, -0.1) is 10.2 Å². The summed E-state index contributed by atoms with van der Waals surface area (Å²) in [5, 5.41) is 24.0. The molecular formula is C21H21FN6O4S. The van der Waals surface area contributed by atoms with Crippen LogP contribution in [-0.4, -0.2) is 36.8 Å². The van der Waals surface area contributed by atoms with E-state index in [2.05, 4.69) is 20.8 Å². The van der Waals surface area contributed by atoms with Crippen molar-refractivity contribution in [2.45, 2.75) is 30.2 Å². The van der Waals surface area contributed by atoms with Gasteiger partial charge in [-0.05, 0) is 30.7 Å². The number of hydrogen-bond acceptors (Lipinski definition) is 7. The predicted molar refractivity (Wildman–Crippen MR) is 121 cm³/mol. The van der Waals surface area contributed by atoms with E-state index in [9.17, 15) is 24.1 Å². The average molecular weight is 473 g/mol. The minimum absolute atomic E-state index is 0.0694. The van der Waals surface area contributed by atoms with Gasteiger partial charge in [0.1, 0.15) is 11.6 Å². The fraction of sp³-hybridized carbons (Fsp3) is 0.238. The fourth-order valence-corrected chi connectivity index (χ4v) is 3.78. The summed E-state index contributed by atoms with van der Waals surface area (Å²) in [6.45, 7) is 1.84. The smallest absolute Gasteiger partial charge is 0.269 e. The number of amides is 2. The number of halogens is 1. The quantitative estimate of drug-likeness (QED) is 0.276. The van der Waals surface area contributed by atoms with E-state index in [1.54, 1.807) is 17.7 Å². The molecule has 0 saturated carbocycles. The van der Waals surface area contributed by atoms with Gasteiger partial charge in [0.05, 0.1) is 22.3 Å². The van der Waals surface area contributed by atoms with Crippen molar-refractivity contribution in [1.82, 2.24) is 14.8 Å². The number of anilines is 2. The lowest BCUT2D eigenvalue weighted by Crippen LogP contribution is -2.25. The number of nitro groups is 1. The molecule has 2 N–H and O–H groups in total. The van der Waals surface area contributed by atoms with Crippen molar-refractivity contribution in [1.29, 1.82) is 0 Å². The molecule has 172 valence electrons. The van der Waals surface area contributed by atoms with Crippen molar-refractivity contribution >= 4 is 40.6 Å². The number of hydrogen-bond donors (Lipinski definition) is 2. The van der Waals surface area contributed by atoms with E-state index in [4.69, 9.17) is 0 Å². The van der Waals surface area contributed by atoms with Gasteiger partial charge in [-0.25, -0.2) is 4.39 Å². The van der Waals surface area contributed by atoms with E-state index >= 15 is 0 Å². The van der Waals surface area contributed by atoms with Crippen molar-refractivity contribution in [2.75, 3.05) is 10.6 Å². The van der Waals surface area contributed by atoms with Crippen LogP contribution in [0.15, 0.2) is 53.7 Å². The second kappa shape index (κ2) is 10.7. The molecule has 1 aromatic heterocycles. The number of benzene rings is 2. The highest BCUT2D eigenvalue weighted by atomic mass is 32.2. The van der Waals surface area contributed by atoms with E-state index in [0.29, 0.717) is 23.1 Å². The molecule has 0 spiro atoms. The Morgan fingerprint density at radius 3 is 2.48 bits per heavy atom. The molecule has 0 aliphatic heterocycles. The molecule has 0 fully saturated rings. The normalized spacial score (nSPS) is 11.6. The number of carbonyl (C=O) groups excluding carboxylic acids is 2. The number of nitro benzene ring substituents is 1. The first-order valence-corrected chi connectivity index (χ1v) is 10.8. The third-order valence-corrected chi connectivity index (χ3v) is 6.05. The monoisotopic (exact) mass is 472 g/mol. The lowest BCUT2D eigenvalue weighted by atomic mass is 10.2. The molecule has 0 radical (unpaired) electrons. The molecule has 33 heavy (non-hydrogen) atoms. The van der Waals surface area contributed by atoms with Gasteiger partial charge < -0.3 is 15.2 Å². The topological polar surface area (TPSA) is 132 Å². The summed E-state index contributed by atoms with van der Waals surface area (Å²) in [5.41, 5.74) is 0.446. The van der Waals surface area contributed by atoms with Crippen LogP contribution in [0.4, 0.5) is 21.5 Å². The van der Waals surface area contributed by atoms with E-state index in [-0.39, 0.29) is 23.7 Å². The number of carbonyl (C=O) groups is 2. The minimum atomic E-state index is -0.537. The van der Waals surface area contributed by atoms with Gasteiger partial charge in [-0.1, -0.05) is 30.8 Å². The number of aromatic nitrogens is 3. The zero-order chi connectivity index (χ0) is 24.0. The maximum atomic E-state index is 13.7. The molecule has 0 bridgehead atoms. The summed E-state index contributed by atoms with van der Waals surface area (Å²) in [4.78, 5) is 35.2. The van der Waals surface area contributed by atoms with E-state index < -0.39 is 21.9 Å². The highest BCUT2D eigenvalue weighted by Crippen LogP contribution is 2.26. The van der Waals surface area contributed by atoms with Crippen molar-refractivity contribution in [3.8, 4) is 0 Å². The Kier molecular flexibility index (Phi) is 7.72. The molecule has 3 aromatic rings. The highest BCUT2D eigenvalue weighted by molar-refractivity contribution is 8.00. The molecule has 1 atom stereocenters. The number of non-ortho nitro benzene ring substituents is 1. The van der Waals surface area contributed by atoms with Crippen LogP contribution in [0.3, 0.4) is 0 Å². The summed E-state index contributed by atoms with van der Waals surface area (Å²) in [7, 11) is 1.68. The minimum Gasteiger partial charge on any atom is -0.325 e. The van der Waals surface area contributed by atoms with Crippen molar-refractivity contribution < 1.29 is 18.9 Å². The molecule has 0 unspecified atom stereocenters. The Morgan fingerprint density at radius 2 is 1.85 bits per heavy atom. The molecule has 2 amide bonds. The van der Waals surface area contributed by atoms with Gasteiger partial charge in [0.25, 0.3) is 5.69 Å². The first kappa shape index (κ1) is 23.9. The Morgan fingerprint density at radius 1 is 1.15 bits per heavy atom. The molecule has 3 rings (SSSR count). The van der Waals surface area contributed by atoms with Gasteiger partial charge in [0.2, 0.25) is 11.8 Å². The van der Waals surface area contributed by atoms with Gasteiger partial charge in [-0.3, -0.25) is 19.7 Å². The van der Waals surface area contributed by atoms with Crippen LogP contribution in [0, 0.1) is 15.9 Å². The van der Waals surface area contributed by atoms with E-state index in [1.165, 1.54) is 54.2 Å². The first-order chi connectivity index (χ1) is 15.8. The first-order valence-electron chi connectivity index (χ1n) is 9.93. The molecule has 10 nitrogen and oxygen atoms in total. The molecular weight excluding hydrogens is 451 g/mol. The summed E-state index contributed by atoms with van der Waals surface area (Å²) in [6, 6.07) is 11.4. The van der Waals surface area contributed by atoms with E-state index in [0.717, 1.165) is 0 Å². The third-order valence-electron chi connectivity index (χ3n) is 4.65. The lowest BCUT2D eigenvalue weighted by molar-refractivity contribution is -0.384. The number of nitrogens with one attached hydrogen (secondary N) is 2. The van der Waals surface area contributed by atoms with E-state index in [1.807, 2.05) is 6.92 Å². The standard InChI is InChI=1S/C21H21FN6O4S/c1-3-17(20(30)23-13-8-10-14(11-9-13)28(31)32)33-21-26-25-18(27(21)2)12-19(29)24-16-7-5-4-6-15(16)22/h4-11,17H,3,12H2,1-2H3,(H,23,30)(H,24,29)/t17-/m1/s1. The number of thioether (sulfide) groups is 1. The molecule has 2 aromatic carbocycles. The van der Waals surface area contributed by atoms with Gasteiger partial charge in [-0.2, -0.15) is 0 Å². The average Bonchev–Trinajstić information content (AvgIpc) is 3.12. The lowest BCUT2D eigenvalue weighted by Gasteiger charge is -2.14. The summed E-state index contributed by atoms with van der Waals surface area (Å²) >= 11 is 1.18.